The Morgan fingerprint density at radius 3 is 2.69 bits per heavy atom. The van der Waals surface area contributed by atoms with Crippen molar-refractivity contribution in [1.82, 2.24) is 4.98 Å². The Balaban J connectivity index is 2.53. The van der Waals surface area contributed by atoms with Gasteiger partial charge < -0.3 is 9.84 Å². The highest BCUT2D eigenvalue weighted by molar-refractivity contribution is 6.29. The van der Waals surface area contributed by atoms with Crippen molar-refractivity contribution >= 4 is 11.6 Å². The van der Waals surface area contributed by atoms with Crippen molar-refractivity contribution in [1.29, 1.82) is 0 Å². The van der Waals surface area contributed by atoms with Gasteiger partial charge in [-0.3, -0.25) is 0 Å². The van der Waals surface area contributed by atoms with Crippen LogP contribution in [0.2, 0.25) is 5.15 Å². The second-order valence-electron chi connectivity index (χ2n) is 4.43. The van der Waals surface area contributed by atoms with E-state index in [0.717, 1.165) is 12.0 Å². The van der Waals surface area contributed by atoms with Gasteiger partial charge in [-0.25, -0.2) is 4.98 Å². The zero-order valence-electron chi connectivity index (χ0n) is 9.90. The summed E-state index contributed by atoms with van der Waals surface area (Å²) in [5.41, 5.74) is 0.581. The maximum Gasteiger partial charge on any atom is 0.129 e. The van der Waals surface area contributed by atoms with Gasteiger partial charge in [0.25, 0.3) is 0 Å². The van der Waals surface area contributed by atoms with Gasteiger partial charge in [0.1, 0.15) is 5.15 Å². The number of halogens is 1. The molecule has 0 amide bonds. The van der Waals surface area contributed by atoms with E-state index in [2.05, 4.69) is 4.98 Å². The second kappa shape index (κ2) is 5.62. The first-order valence-corrected chi connectivity index (χ1v) is 5.67. The average Bonchev–Trinajstić information content (AvgIpc) is 2.27. The lowest BCUT2D eigenvalue weighted by molar-refractivity contribution is 0.00276. The van der Waals surface area contributed by atoms with Crippen LogP contribution < -0.4 is 0 Å². The molecule has 1 atom stereocenters. The molecule has 0 saturated heterocycles. The number of pyridine rings is 1. The molecule has 1 unspecified atom stereocenters. The van der Waals surface area contributed by atoms with Crippen LogP contribution in [0.5, 0.6) is 0 Å². The van der Waals surface area contributed by atoms with E-state index in [9.17, 15) is 5.11 Å². The molecule has 1 aromatic heterocycles. The minimum Gasteiger partial charge on any atom is -0.388 e. The van der Waals surface area contributed by atoms with Crippen molar-refractivity contribution in [2.45, 2.75) is 38.4 Å². The van der Waals surface area contributed by atoms with Gasteiger partial charge in [-0.15, -0.1) is 0 Å². The molecule has 1 rings (SSSR count). The summed E-state index contributed by atoms with van der Waals surface area (Å²) in [4.78, 5) is 3.94. The molecule has 0 aliphatic carbocycles. The third-order valence-electron chi connectivity index (χ3n) is 2.71. The molecule has 1 aromatic rings. The Morgan fingerprint density at radius 2 is 2.19 bits per heavy atom. The van der Waals surface area contributed by atoms with Crippen molar-refractivity contribution in [2.75, 3.05) is 7.11 Å². The number of aromatic nitrogens is 1. The van der Waals surface area contributed by atoms with Crippen molar-refractivity contribution < 1.29 is 9.84 Å². The molecular weight excluding hydrogens is 226 g/mol. The Morgan fingerprint density at radius 1 is 1.50 bits per heavy atom. The first-order chi connectivity index (χ1) is 7.44. The summed E-state index contributed by atoms with van der Waals surface area (Å²) in [5, 5.41) is 10.4. The Bertz CT molecular complexity index is 324. The molecule has 0 fully saturated rings. The van der Waals surface area contributed by atoms with E-state index in [-0.39, 0.29) is 5.60 Å². The van der Waals surface area contributed by atoms with E-state index >= 15 is 0 Å². The van der Waals surface area contributed by atoms with Crippen molar-refractivity contribution in [2.24, 2.45) is 0 Å². The predicted octanol–water partition coefficient (Wildman–Crippen LogP) is 2.97. The first-order valence-electron chi connectivity index (χ1n) is 5.29. The van der Waals surface area contributed by atoms with Crippen LogP contribution in [0.4, 0.5) is 0 Å². The SMILES string of the molecule is COC(C)(C)CCC(O)c1ccc(Cl)nc1. The van der Waals surface area contributed by atoms with Crippen LogP contribution in [0, 0.1) is 0 Å². The molecule has 0 bridgehead atoms. The normalized spacial score (nSPS) is 13.8. The fourth-order valence-corrected chi connectivity index (χ4v) is 1.45. The zero-order chi connectivity index (χ0) is 12.2. The molecule has 0 radical (unpaired) electrons. The number of methoxy groups -OCH3 is 1. The fraction of sp³-hybridized carbons (Fsp3) is 0.583. The van der Waals surface area contributed by atoms with Crippen molar-refractivity contribution in [3.63, 3.8) is 0 Å². The van der Waals surface area contributed by atoms with Gasteiger partial charge in [-0.1, -0.05) is 17.7 Å². The average molecular weight is 244 g/mol. The third-order valence-corrected chi connectivity index (χ3v) is 2.93. The molecule has 1 N–H and O–H groups in total. The van der Waals surface area contributed by atoms with Gasteiger partial charge in [-0.05, 0) is 38.3 Å². The number of hydrogen-bond acceptors (Lipinski definition) is 3. The van der Waals surface area contributed by atoms with E-state index in [0.29, 0.717) is 11.6 Å². The summed E-state index contributed by atoms with van der Waals surface area (Å²) in [6.45, 7) is 4.00. The minimum absolute atomic E-state index is 0.208. The van der Waals surface area contributed by atoms with E-state index in [4.69, 9.17) is 16.3 Å². The number of ether oxygens (including phenoxy) is 1. The van der Waals surface area contributed by atoms with Crippen LogP contribution in [0.25, 0.3) is 0 Å². The van der Waals surface area contributed by atoms with Crippen LogP contribution in [-0.2, 0) is 4.74 Å². The third kappa shape index (κ3) is 4.08. The number of aliphatic hydroxyl groups is 1. The topological polar surface area (TPSA) is 42.4 Å². The summed E-state index contributed by atoms with van der Waals surface area (Å²) < 4.78 is 5.30. The van der Waals surface area contributed by atoms with Crippen molar-refractivity contribution in [3.05, 3.63) is 29.0 Å². The summed E-state index contributed by atoms with van der Waals surface area (Å²) in [7, 11) is 1.68. The highest BCUT2D eigenvalue weighted by Gasteiger charge is 2.19. The van der Waals surface area contributed by atoms with Crippen LogP contribution in [0.3, 0.4) is 0 Å². The highest BCUT2D eigenvalue weighted by Crippen LogP contribution is 2.24. The largest absolute Gasteiger partial charge is 0.388 e. The van der Waals surface area contributed by atoms with Gasteiger partial charge >= 0.3 is 0 Å². The van der Waals surface area contributed by atoms with Crippen LogP contribution >= 0.6 is 11.6 Å². The molecule has 1 heterocycles. The van der Waals surface area contributed by atoms with E-state index in [1.807, 2.05) is 13.8 Å². The lowest BCUT2D eigenvalue weighted by Gasteiger charge is -2.24. The van der Waals surface area contributed by atoms with Gasteiger partial charge in [0.05, 0.1) is 11.7 Å². The second-order valence-corrected chi connectivity index (χ2v) is 4.82. The number of aliphatic hydroxyl groups excluding tert-OH is 1. The monoisotopic (exact) mass is 243 g/mol. The maximum atomic E-state index is 9.93. The number of rotatable bonds is 5. The van der Waals surface area contributed by atoms with Gasteiger partial charge in [0.15, 0.2) is 0 Å². The van der Waals surface area contributed by atoms with Gasteiger partial charge in [0, 0.05) is 13.3 Å². The molecule has 0 aliphatic rings. The molecule has 0 aliphatic heterocycles. The predicted molar refractivity (Wildman–Crippen MR) is 64.5 cm³/mol. The quantitative estimate of drug-likeness (QED) is 0.809. The maximum absolute atomic E-state index is 9.93. The van der Waals surface area contributed by atoms with Crippen LogP contribution in [-0.4, -0.2) is 22.8 Å². The summed E-state index contributed by atoms with van der Waals surface area (Å²) in [5.74, 6) is 0. The van der Waals surface area contributed by atoms with Gasteiger partial charge in [-0.2, -0.15) is 0 Å². The Labute approximate surface area is 101 Å². The van der Waals surface area contributed by atoms with Crippen LogP contribution in [0.15, 0.2) is 18.3 Å². The summed E-state index contributed by atoms with van der Waals surface area (Å²) in [6.07, 6.45) is 2.52. The minimum atomic E-state index is -0.515. The van der Waals surface area contributed by atoms with E-state index < -0.39 is 6.10 Å². The fourth-order valence-electron chi connectivity index (χ4n) is 1.34. The molecular formula is C12H18ClNO2. The molecule has 0 spiro atoms. The lowest BCUT2D eigenvalue weighted by atomic mass is 9.97. The smallest absolute Gasteiger partial charge is 0.129 e. The van der Waals surface area contributed by atoms with E-state index in [1.54, 1.807) is 25.4 Å². The van der Waals surface area contributed by atoms with Crippen molar-refractivity contribution in [3.8, 4) is 0 Å². The zero-order valence-corrected chi connectivity index (χ0v) is 10.7. The van der Waals surface area contributed by atoms with E-state index in [1.165, 1.54) is 0 Å². The Hall–Kier alpha value is -0.640. The molecule has 16 heavy (non-hydrogen) atoms. The molecule has 0 saturated carbocycles. The first kappa shape index (κ1) is 13.4. The lowest BCUT2D eigenvalue weighted by Crippen LogP contribution is -2.23. The highest BCUT2D eigenvalue weighted by atomic mass is 35.5. The Kier molecular flexibility index (Phi) is 4.71. The molecule has 0 aromatic carbocycles. The molecule has 90 valence electrons. The molecule has 3 nitrogen and oxygen atoms in total. The summed E-state index contributed by atoms with van der Waals surface area (Å²) in [6, 6.07) is 3.47. The molecule has 4 heteroatoms. The van der Waals surface area contributed by atoms with Crippen LogP contribution in [0.1, 0.15) is 38.4 Å². The number of nitrogens with zero attached hydrogens (tertiary/aromatic N) is 1. The standard InChI is InChI=1S/C12H18ClNO2/c1-12(2,16-3)7-6-10(15)9-4-5-11(13)14-8-9/h4-5,8,10,15H,6-7H2,1-3H3. The number of hydrogen-bond donors (Lipinski definition) is 1. The van der Waals surface area contributed by atoms with Gasteiger partial charge in [0.2, 0.25) is 0 Å². The summed E-state index contributed by atoms with van der Waals surface area (Å²) >= 11 is 5.68.